The summed E-state index contributed by atoms with van der Waals surface area (Å²) >= 11 is 3.32. The molecule has 2 aromatic rings. The van der Waals surface area contributed by atoms with Gasteiger partial charge in [-0.2, -0.15) is 23.5 Å². The van der Waals surface area contributed by atoms with Gasteiger partial charge in [-0.15, -0.1) is 0 Å². The van der Waals surface area contributed by atoms with Gasteiger partial charge in [0.2, 0.25) is 11.8 Å². The molecule has 0 aromatic heterocycles. The minimum absolute atomic E-state index is 0.0459. The third-order valence-electron chi connectivity index (χ3n) is 6.05. The van der Waals surface area contributed by atoms with E-state index >= 15 is 0 Å². The summed E-state index contributed by atoms with van der Waals surface area (Å²) in [6.07, 6.45) is 4.32. The van der Waals surface area contributed by atoms with Gasteiger partial charge in [-0.3, -0.25) is 9.59 Å². The van der Waals surface area contributed by atoms with E-state index in [0.717, 1.165) is 48.6 Å². The number of unbranched alkanes of at least 4 members (excludes halogenated alkanes) is 1. The number of nitrogens with one attached hydrogen (secondary N) is 2. The molecule has 0 aliphatic carbocycles. The van der Waals surface area contributed by atoms with Gasteiger partial charge in [-0.25, -0.2) is 0 Å². The number of amides is 2. The number of anilines is 2. The predicted molar refractivity (Wildman–Crippen MR) is 151 cm³/mol. The van der Waals surface area contributed by atoms with E-state index in [1.807, 2.05) is 24.3 Å². The first-order valence-corrected chi connectivity index (χ1v) is 14.7. The maximum atomic E-state index is 12.1. The normalized spacial score (nSPS) is 12.7. The number of carbonyl (C=O) groups excluding carboxylic acids is 2. The quantitative estimate of drug-likeness (QED) is 0.248. The maximum absolute atomic E-state index is 12.1. The molecular weight excluding hydrogens is 460 g/mol. The largest absolute Gasteiger partial charge is 0.325 e. The number of hydrogen-bond acceptors (Lipinski definition) is 4. The number of rotatable bonds is 15. The molecule has 34 heavy (non-hydrogen) atoms. The zero-order valence-electron chi connectivity index (χ0n) is 21.1. The van der Waals surface area contributed by atoms with E-state index in [-0.39, 0.29) is 11.8 Å². The van der Waals surface area contributed by atoms with Crippen LogP contribution in [0.3, 0.4) is 0 Å². The highest BCUT2D eigenvalue weighted by molar-refractivity contribution is 8.00. The van der Waals surface area contributed by atoms with Crippen molar-refractivity contribution in [2.75, 3.05) is 33.6 Å². The maximum Gasteiger partial charge on any atom is 0.234 e. The molecule has 0 radical (unpaired) electrons. The van der Waals surface area contributed by atoms with Crippen LogP contribution in [-0.2, 0) is 9.59 Å². The van der Waals surface area contributed by atoms with Crippen LogP contribution in [0.25, 0.3) is 0 Å². The molecule has 2 atom stereocenters. The van der Waals surface area contributed by atoms with E-state index in [4.69, 9.17) is 0 Å². The Morgan fingerprint density at radius 2 is 1.03 bits per heavy atom. The molecule has 0 fully saturated rings. The van der Waals surface area contributed by atoms with Crippen molar-refractivity contribution in [2.45, 2.75) is 65.2 Å². The minimum Gasteiger partial charge on any atom is -0.325 e. The number of carbonyl (C=O) groups is 2. The number of thioether (sulfide) groups is 2. The molecule has 0 saturated carbocycles. The Balaban J connectivity index is 1.50. The van der Waals surface area contributed by atoms with Crippen molar-refractivity contribution in [1.29, 1.82) is 0 Å². The van der Waals surface area contributed by atoms with Crippen LogP contribution in [0.4, 0.5) is 11.4 Å². The Kier molecular flexibility index (Phi) is 13.2. The van der Waals surface area contributed by atoms with Crippen molar-refractivity contribution in [1.82, 2.24) is 0 Å². The third kappa shape index (κ3) is 10.6. The van der Waals surface area contributed by atoms with Gasteiger partial charge in [0.05, 0.1) is 11.5 Å². The molecule has 0 aliphatic heterocycles. The van der Waals surface area contributed by atoms with Crippen LogP contribution in [0.1, 0.15) is 76.3 Å². The van der Waals surface area contributed by atoms with Crippen LogP contribution in [0.5, 0.6) is 0 Å². The van der Waals surface area contributed by atoms with Gasteiger partial charge in [0.15, 0.2) is 0 Å². The summed E-state index contributed by atoms with van der Waals surface area (Å²) in [5.41, 5.74) is 4.33. The Morgan fingerprint density at radius 3 is 1.35 bits per heavy atom. The van der Waals surface area contributed by atoms with E-state index in [9.17, 15) is 9.59 Å². The van der Waals surface area contributed by atoms with E-state index in [0.29, 0.717) is 23.3 Å². The molecule has 4 nitrogen and oxygen atoms in total. The molecule has 6 heteroatoms. The third-order valence-corrected chi connectivity index (χ3v) is 8.13. The van der Waals surface area contributed by atoms with Crippen molar-refractivity contribution in [3.8, 4) is 0 Å². The first-order chi connectivity index (χ1) is 16.4. The predicted octanol–water partition coefficient (Wildman–Crippen LogP) is 7.54. The SMILES string of the molecule is CC[C@@H](C)c1ccc(NC(=O)CSCCCCSCC(=O)Nc2ccc([C@@H](C)CC)cc2)cc1. The minimum atomic E-state index is 0.0459. The second kappa shape index (κ2) is 15.9. The topological polar surface area (TPSA) is 58.2 Å². The van der Waals surface area contributed by atoms with Crippen LogP contribution in [0, 0.1) is 0 Å². The number of benzene rings is 2. The molecule has 2 N–H and O–H groups in total. The Bertz CT molecular complexity index is 795. The second-order valence-corrected chi connectivity index (χ2v) is 11.0. The van der Waals surface area contributed by atoms with Crippen LogP contribution in [-0.4, -0.2) is 34.8 Å². The van der Waals surface area contributed by atoms with Gasteiger partial charge in [-0.1, -0.05) is 52.0 Å². The summed E-state index contributed by atoms with van der Waals surface area (Å²) in [6.45, 7) is 8.79. The van der Waals surface area contributed by atoms with E-state index in [2.05, 4.69) is 62.6 Å². The fourth-order valence-corrected chi connectivity index (χ4v) is 5.01. The molecule has 2 amide bonds. The van der Waals surface area contributed by atoms with E-state index in [1.54, 1.807) is 23.5 Å². The molecule has 2 rings (SSSR count). The van der Waals surface area contributed by atoms with Gasteiger partial charge < -0.3 is 10.6 Å². The zero-order chi connectivity index (χ0) is 24.8. The molecule has 0 unspecified atom stereocenters. The lowest BCUT2D eigenvalue weighted by Gasteiger charge is -2.10. The lowest BCUT2D eigenvalue weighted by Crippen LogP contribution is -2.14. The summed E-state index contributed by atoms with van der Waals surface area (Å²) in [5.74, 6) is 4.02. The van der Waals surface area contributed by atoms with Crippen LogP contribution in [0.15, 0.2) is 48.5 Å². The van der Waals surface area contributed by atoms with Crippen molar-refractivity contribution in [2.24, 2.45) is 0 Å². The monoisotopic (exact) mass is 500 g/mol. The summed E-state index contributed by atoms with van der Waals surface area (Å²) in [5, 5.41) is 5.95. The number of hydrogen-bond donors (Lipinski definition) is 2. The van der Waals surface area contributed by atoms with Gasteiger partial charge >= 0.3 is 0 Å². The van der Waals surface area contributed by atoms with Crippen molar-refractivity contribution < 1.29 is 9.59 Å². The Labute approximate surface area is 214 Å². The van der Waals surface area contributed by atoms with Gasteiger partial charge in [0, 0.05) is 11.4 Å². The molecule has 0 aliphatic rings. The molecule has 0 heterocycles. The standard InChI is InChI=1S/C28H40N2O2S2/c1-5-21(3)23-9-13-25(14-10-23)29-27(31)19-33-17-7-8-18-34-20-28(32)30-26-15-11-24(12-16-26)22(4)6-2/h9-16,21-22H,5-8,17-20H2,1-4H3,(H,29,31)(H,30,32)/t21-,22+. The first kappa shape index (κ1) is 28.3. The Hall–Kier alpha value is -1.92. The molecule has 0 saturated heterocycles. The van der Waals surface area contributed by atoms with Crippen molar-refractivity contribution >= 4 is 46.7 Å². The summed E-state index contributed by atoms with van der Waals surface area (Å²) in [6, 6.07) is 16.3. The molecule has 0 spiro atoms. The Morgan fingerprint density at radius 1 is 0.676 bits per heavy atom. The van der Waals surface area contributed by atoms with Gasteiger partial charge in [0.25, 0.3) is 0 Å². The fraction of sp³-hybridized carbons (Fsp3) is 0.500. The highest BCUT2D eigenvalue weighted by atomic mass is 32.2. The van der Waals surface area contributed by atoms with E-state index in [1.165, 1.54) is 11.1 Å². The molecule has 0 bridgehead atoms. The lowest BCUT2D eigenvalue weighted by molar-refractivity contribution is -0.114. The van der Waals surface area contributed by atoms with Crippen molar-refractivity contribution in [3.05, 3.63) is 59.7 Å². The van der Waals surface area contributed by atoms with Crippen molar-refractivity contribution in [3.63, 3.8) is 0 Å². The van der Waals surface area contributed by atoms with Crippen LogP contribution >= 0.6 is 23.5 Å². The summed E-state index contributed by atoms with van der Waals surface area (Å²) < 4.78 is 0. The fourth-order valence-electron chi connectivity index (χ4n) is 3.39. The smallest absolute Gasteiger partial charge is 0.234 e. The van der Waals surface area contributed by atoms with Crippen LogP contribution < -0.4 is 10.6 Å². The summed E-state index contributed by atoms with van der Waals surface area (Å²) in [4.78, 5) is 24.3. The molecular formula is C28H40N2O2S2. The van der Waals surface area contributed by atoms with Gasteiger partial charge in [0.1, 0.15) is 0 Å². The molecule has 186 valence electrons. The lowest BCUT2D eigenvalue weighted by atomic mass is 9.99. The second-order valence-electron chi connectivity index (χ2n) is 8.77. The van der Waals surface area contributed by atoms with Crippen LogP contribution in [0.2, 0.25) is 0 Å². The highest BCUT2D eigenvalue weighted by Gasteiger charge is 2.07. The zero-order valence-corrected chi connectivity index (χ0v) is 22.7. The average molecular weight is 501 g/mol. The highest BCUT2D eigenvalue weighted by Crippen LogP contribution is 2.22. The van der Waals surface area contributed by atoms with E-state index < -0.39 is 0 Å². The summed E-state index contributed by atoms with van der Waals surface area (Å²) in [7, 11) is 0. The average Bonchev–Trinajstić information content (AvgIpc) is 2.85. The molecule has 2 aromatic carbocycles. The first-order valence-electron chi connectivity index (χ1n) is 12.4. The van der Waals surface area contributed by atoms with Gasteiger partial charge in [-0.05, 0) is 84.4 Å².